The van der Waals surface area contributed by atoms with Crippen molar-refractivity contribution < 1.29 is 13.9 Å². The molecule has 4 nitrogen and oxygen atoms in total. The van der Waals surface area contributed by atoms with Crippen LogP contribution in [0.1, 0.15) is 5.89 Å². The molecular weight excluding hydrogens is 206 g/mol. The number of ether oxygens (including phenoxy) is 2. The van der Waals surface area contributed by atoms with Gasteiger partial charge in [0.25, 0.3) is 0 Å². The first kappa shape index (κ1) is 10.5. The molecular formula is C12H13NO3. The number of methoxy groups -OCH3 is 2. The number of hydrogen-bond donors (Lipinski definition) is 0. The largest absolute Gasteiger partial charge is 0.497 e. The topological polar surface area (TPSA) is 44.5 Å². The molecule has 16 heavy (non-hydrogen) atoms. The van der Waals surface area contributed by atoms with Crippen LogP contribution < -0.4 is 9.47 Å². The van der Waals surface area contributed by atoms with Crippen LogP contribution in [0.2, 0.25) is 0 Å². The zero-order valence-corrected chi connectivity index (χ0v) is 9.48. The van der Waals surface area contributed by atoms with Crippen LogP contribution in [0.4, 0.5) is 0 Å². The fourth-order valence-corrected chi connectivity index (χ4v) is 1.49. The number of aromatic nitrogens is 1. The molecule has 0 aliphatic rings. The van der Waals surface area contributed by atoms with Crippen molar-refractivity contribution in [3.05, 3.63) is 30.3 Å². The smallest absolute Gasteiger partial charge is 0.191 e. The van der Waals surface area contributed by atoms with Gasteiger partial charge in [0.15, 0.2) is 11.7 Å². The summed E-state index contributed by atoms with van der Waals surface area (Å²) in [4.78, 5) is 4.06. The van der Waals surface area contributed by atoms with Gasteiger partial charge in [-0.15, -0.1) is 0 Å². The Hall–Kier alpha value is -1.97. The van der Waals surface area contributed by atoms with E-state index < -0.39 is 0 Å². The van der Waals surface area contributed by atoms with Gasteiger partial charge in [0.05, 0.1) is 26.0 Å². The highest BCUT2D eigenvalue weighted by Gasteiger charge is 2.11. The minimum atomic E-state index is 0.632. The number of oxazole rings is 1. The van der Waals surface area contributed by atoms with Crippen LogP contribution in [0.15, 0.2) is 28.8 Å². The molecule has 0 saturated carbocycles. The van der Waals surface area contributed by atoms with Gasteiger partial charge in [-0.05, 0) is 12.1 Å². The van der Waals surface area contributed by atoms with Gasteiger partial charge in [0.2, 0.25) is 0 Å². The molecule has 0 unspecified atom stereocenters. The Bertz CT molecular complexity index is 491. The van der Waals surface area contributed by atoms with Crippen molar-refractivity contribution in [2.75, 3.05) is 14.2 Å². The van der Waals surface area contributed by atoms with E-state index >= 15 is 0 Å². The molecule has 1 aromatic heterocycles. The Labute approximate surface area is 93.8 Å². The maximum absolute atomic E-state index is 5.45. The van der Waals surface area contributed by atoms with Crippen molar-refractivity contribution in [1.29, 1.82) is 0 Å². The predicted octanol–water partition coefficient (Wildman–Crippen LogP) is 2.67. The molecule has 0 bridgehead atoms. The van der Waals surface area contributed by atoms with E-state index in [-0.39, 0.29) is 0 Å². The summed E-state index contributed by atoms with van der Waals surface area (Å²) in [6, 6.07) is 5.56. The molecule has 0 atom stereocenters. The molecule has 0 aliphatic heterocycles. The standard InChI is InChI=1S/C12H13NO3/c1-8-13-7-12(16-8)10-5-4-9(14-2)6-11(10)15-3/h4-7H,1-3H3. The summed E-state index contributed by atoms with van der Waals surface area (Å²) in [5.41, 5.74) is 0.865. The zero-order valence-electron chi connectivity index (χ0n) is 9.48. The molecule has 2 aromatic rings. The fraction of sp³-hybridized carbons (Fsp3) is 0.250. The predicted molar refractivity (Wildman–Crippen MR) is 59.8 cm³/mol. The third kappa shape index (κ3) is 1.86. The van der Waals surface area contributed by atoms with E-state index in [1.807, 2.05) is 18.2 Å². The Morgan fingerprint density at radius 1 is 1.19 bits per heavy atom. The van der Waals surface area contributed by atoms with Gasteiger partial charge < -0.3 is 13.9 Å². The van der Waals surface area contributed by atoms with Crippen LogP contribution in [0.5, 0.6) is 11.5 Å². The summed E-state index contributed by atoms with van der Waals surface area (Å²) in [5.74, 6) is 2.78. The Morgan fingerprint density at radius 2 is 2.00 bits per heavy atom. The number of benzene rings is 1. The summed E-state index contributed by atoms with van der Waals surface area (Å²) >= 11 is 0. The van der Waals surface area contributed by atoms with Crippen LogP contribution in [0.25, 0.3) is 11.3 Å². The summed E-state index contributed by atoms with van der Waals surface area (Å²) < 4.78 is 15.9. The first-order valence-corrected chi connectivity index (χ1v) is 4.89. The van der Waals surface area contributed by atoms with Gasteiger partial charge in [0, 0.05) is 13.0 Å². The minimum Gasteiger partial charge on any atom is -0.497 e. The first-order valence-electron chi connectivity index (χ1n) is 4.89. The maximum Gasteiger partial charge on any atom is 0.191 e. The number of rotatable bonds is 3. The van der Waals surface area contributed by atoms with E-state index in [2.05, 4.69) is 4.98 Å². The zero-order chi connectivity index (χ0) is 11.5. The summed E-state index contributed by atoms with van der Waals surface area (Å²) in [6.07, 6.45) is 1.68. The lowest BCUT2D eigenvalue weighted by atomic mass is 10.1. The average molecular weight is 219 g/mol. The minimum absolute atomic E-state index is 0.632. The normalized spacial score (nSPS) is 10.2. The Balaban J connectivity index is 2.48. The van der Waals surface area contributed by atoms with Crippen LogP contribution in [-0.4, -0.2) is 19.2 Å². The van der Waals surface area contributed by atoms with E-state index in [0.29, 0.717) is 17.4 Å². The molecule has 0 fully saturated rings. The van der Waals surface area contributed by atoms with Crippen molar-refractivity contribution in [3.63, 3.8) is 0 Å². The van der Waals surface area contributed by atoms with Crippen molar-refractivity contribution in [3.8, 4) is 22.8 Å². The second-order valence-corrected chi connectivity index (χ2v) is 3.31. The van der Waals surface area contributed by atoms with E-state index in [9.17, 15) is 0 Å². The number of hydrogen-bond acceptors (Lipinski definition) is 4. The summed E-state index contributed by atoms with van der Waals surface area (Å²) in [5, 5.41) is 0. The third-order valence-corrected chi connectivity index (χ3v) is 2.30. The van der Waals surface area contributed by atoms with E-state index in [0.717, 1.165) is 11.3 Å². The van der Waals surface area contributed by atoms with Gasteiger partial charge in [-0.1, -0.05) is 0 Å². The fourth-order valence-electron chi connectivity index (χ4n) is 1.49. The van der Waals surface area contributed by atoms with Crippen LogP contribution in [-0.2, 0) is 0 Å². The molecule has 0 N–H and O–H groups in total. The number of nitrogens with zero attached hydrogens (tertiary/aromatic N) is 1. The molecule has 0 radical (unpaired) electrons. The molecule has 2 rings (SSSR count). The maximum atomic E-state index is 5.45. The van der Waals surface area contributed by atoms with Crippen molar-refractivity contribution in [2.24, 2.45) is 0 Å². The van der Waals surface area contributed by atoms with Gasteiger partial charge in [-0.25, -0.2) is 4.98 Å². The molecule has 84 valence electrons. The highest BCUT2D eigenvalue weighted by Crippen LogP contribution is 2.33. The Kier molecular flexibility index (Phi) is 2.81. The average Bonchev–Trinajstić information content (AvgIpc) is 2.74. The molecule has 0 saturated heterocycles. The Morgan fingerprint density at radius 3 is 2.56 bits per heavy atom. The van der Waals surface area contributed by atoms with Crippen LogP contribution in [0, 0.1) is 6.92 Å². The summed E-state index contributed by atoms with van der Waals surface area (Å²) in [6.45, 7) is 1.81. The molecule has 0 aliphatic carbocycles. The van der Waals surface area contributed by atoms with Gasteiger partial charge in [-0.3, -0.25) is 0 Å². The lowest BCUT2D eigenvalue weighted by Crippen LogP contribution is -1.89. The van der Waals surface area contributed by atoms with Crippen molar-refractivity contribution >= 4 is 0 Å². The lowest BCUT2D eigenvalue weighted by Gasteiger charge is -2.07. The monoisotopic (exact) mass is 219 g/mol. The molecule has 1 heterocycles. The molecule has 0 spiro atoms. The van der Waals surface area contributed by atoms with E-state index in [1.165, 1.54) is 0 Å². The van der Waals surface area contributed by atoms with Crippen molar-refractivity contribution in [1.82, 2.24) is 4.98 Å². The van der Waals surface area contributed by atoms with Gasteiger partial charge >= 0.3 is 0 Å². The second kappa shape index (κ2) is 4.26. The van der Waals surface area contributed by atoms with E-state index in [1.54, 1.807) is 27.3 Å². The number of aryl methyl sites for hydroxylation is 1. The van der Waals surface area contributed by atoms with Crippen LogP contribution in [0.3, 0.4) is 0 Å². The first-order chi connectivity index (χ1) is 7.74. The highest BCUT2D eigenvalue weighted by atomic mass is 16.5. The summed E-state index contributed by atoms with van der Waals surface area (Å²) in [7, 11) is 3.23. The SMILES string of the molecule is COc1ccc(-c2cnc(C)o2)c(OC)c1. The van der Waals surface area contributed by atoms with E-state index in [4.69, 9.17) is 13.9 Å². The molecule has 1 aromatic carbocycles. The van der Waals surface area contributed by atoms with Gasteiger partial charge in [0.1, 0.15) is 11.5 Å². The third-order valence-electron chi connectivity index (χ3n) is 2.30. The molecule has 4 heteroatoms. The van der Waals surface area contributed by atoms with Gasteiger partial charge in [-0.2, -0.15) is 0 Å². The molecule has 0 amide bonds. The lowest BCUT2D eigenvalue weighted by molar-refractivity contribution is 0.394. The van der Waals surface area contributed by atoms with Crippen molar-refractivity contribution in [2.45, 2.75) is 6.92 Å². The highest BCUT2D eigenvalue weighted by molar-refractivity contribution is 5.66. The quantitative estimate of drug-likeness (QED) is 0.796. The second-order valence-electron chi connectivity index (χ2n) is 3.31. The van der Waals surface area contributed by atoms with Crippen LogP contribution >= 0.6 is 0 Å².